The van der Waals surface area contributed by atoms with Crippen molar-refractivity contribution in [2.24, 2.45) is 0 Å². The standard InChI is InChI=1S/C15H17ClN4/c1-4-7-17-15-18-11(3)8-14(20-15)19-13-9-12(16)6-5-10(13)2/h4-6,8-9H,1,7H2,2-3H3,(H2,17,18,19,20). The van der Waals surface area contributed by atoms with Gasteiger partial charge in [0.25, 0.3) is 0 Å². The number of hydrogen-bond donors (Lipinski definition) is 2. The van der Waals surface area contributed by atoms with E-state index in [1.165, 1.54) is 0 Å². The summed E-state index contributed by atoms with van der Waals surface area (Å²) in [4.78, 5) is 8.73. The number of hydrogen-bond acceptors (Lipinski definition) is 4. The second-order valence-corrected chi connectivity index (χ2v) is 4.91. The molecule has 1 aromatic heterocycles. The Kier molecular flexibility index (Phi) is 4.58. The number of anilines is 3. The summed E-state index contributed by atoms with van der Waals surface area (Å²) in [5.74, 6) is 1.31. The predicted octanol–water partition coefficient (Wildman–Crippen LogP) is 4.09. The fraction of sp³-hybridized carbons (Fsp3) is 0.200. The quantitative estimate of drug-likeness (QED) is 0.814. The molecule has 1 heterocycles. The van der Waals surface area contributed by atoms with E-state index in [4.69, 9.17) is 11.6 Å². The lowest BCUT2D eigenvalue weighted by atomic mass is 10.2. The van der Waals surface area contributed by atoms with Crippen LogP contribution in [-0.4, -0.2) is 16.5 Å². The van der Waals surface area contributed by atoms with Gasteiger partial charge in [0.15, 0.2) is 0 Å². The average Bonchev–Trinajstić information content (AvgIpc) is 2.40. The fourth-order valence-corrected chi connectivity index (χ4v) is 1.91. The van der Waals surface area contributed by atoms with Crippen LogP contribution in [0.1, 0.15) is 11.3 Å². The number of halogens is 1. The molecule has 1 aromatic carbocycles. The lowest BCUT2D eigenvalue weighted by Gasteiger charge is -2.11. The van der Waals surface area contributed by atoms with Gasteiger partial charge in [-0.3, -0.25) is 0 Å². The monoisotopic (exact) mass is 288 g/mol. The molecule has 2 aromatic rings. The van der Waals surface area contributed by atoms with Crippen molar-refractivity contribution < 1.29 is 0 Å². The zero-order chi connectivity index (χ0) is 14.5. The van der Waals surface area contributed by atoms with Crippen molar-refractivity contribution in [2.45, 2.75) is 13.8 Å². The molecule has 0 bridgehead atoms. The first-order chi connectivity index (χ1) is 9.58. The van der Waals surface area contributed by atoms with Crippen molar-refractivity contribution in [1.82, 2.24) is 9.97 Å². The average molecular weight is 289 g/mol. The van der Waals surface area contributed by atoms with Gasteiger partial charge in [0.05, 0.1) is 0 Å². The Labute approximate surface area is 123 Å². The molecule has 0 unspecified atom stereocenters. The summed E-state index contributed by atoms with van der Waals surface area (Å²) in [6.07, 6.45) is 1.76. The second-order valence-electron chi connectivity index (χ2n) is 4.47. The Bertz CT molecular complexity index is 625. The van der Waals surface area contributed by atoms with E-state index in [1.54, 1.807) is 6.08 Å². The maximum Gasteiger partial charge on any atom is 0.225 e. The number of benzene rings is 1. The first-order valence-electron chi connectivity index (χ1n) is 6.32. The van der Waals surface area contributed by atoms with Crippen molar-refractivity contribution in [1.29, 1.82) is 0 Å². The fourth-order valence-electron chi connectivity index (χ4n) is 1.74. The molecule has 4 nitrogen and oxygen atoms in total. The molecule has 2 N–H and O–H groups in total. The third-order valence-corrected chi connectivity index (χ3v) is 2.96. The molecule has 0 aliphatic heterocycles. The van der Waals surface area contributed by atoms with Gasteiger partial charge >= 0.3 is 0 Å². The Hall–Kier alpha value is -2.07. The smallest absolute Gasteiger partial charge is 0.225 e. The van der Waals surface area contributed by atoms with Crippen molar-refractivity contribution in [2.75, 3.05) is 17.2 Å². The highest BCUT2D eigenvalue weighted by Crippen LogP contribution is 2.24. The molecule has 0 atom stereocenters. The summed E-state index contributed by atoms with van der Waals surface area (Å²) >= 11 is 6.02. The van der Waals surface area contributed by atoms with Crippen molar-refractivity contribution >= 4 is 29.1 Å². The van der Waals surface area contributed by atoms with Crippen LogP contribution in [0.5, 0.6) is 0 Å². The molecule has 20 heavy (non-hydrogen) atoms. The zero-order valence-electron chi connectivity index (χ0n) is 11.6. The third-order valence-electron chi connectivity index (χ3n) is 2.72. The first kappa shape index (κ1) is 14.3. The van der Waals surface area contributed by atoms with Crippen LogP contribution >= 0.6 is 11.6 Å². The second kappa shape index (κ2) is 6.39. The predicted molar refractivity (Wildman–Crippen MR) is 84.9 cm³/mol. The van der Waals surface area contributed by atoms with Crippen molar-refractivity contribution in [3.05, 3.63) is 53.2 Å². The van der Waals surface area contributed by atoms with Gasteiger partial charge < -0.3 is 10.6 Å². The highest BCUT2D eigenvalue weighted by atomic mass is 35.5. The molecule has 5 heteroatoms. The van der Waals surface area contributed by atoms with E-state index >= 15 is 0 Å². The van der Waals surface area contributed by atoms with Crippen LogP contribution < -0.4 is 10.6 Å². The summed E-state index contributed by atoms with van der Waals surface area (Å²) in [5.41, 5.74) is 2.92. The minimum Gasteiger partial charge on any atom is -0.351 e. The van der Waals surface area contributed by atoms with E-state index in [-0.39, 0.29) is 0 Å². The Morgan fingerprint density at radius 3 is 2.80 bits per heavy atom. The maximum atomic E-state index is 6.02. The first-order valence-corrected chi connectivity index (χ1v) is 6.70. The molecule has 0 spiro atoms. The largest absolute Gasteiger partial charge is 0.351 e. The molecular weight excluding hydrogens is 272 g/mol. The summed E-state index contributed by atoms with van der Waals surface area (Å²) in [6.45, 7) is 8.23. The molecule has 0 fully saturated rings. The Morgan fingerprint density at radius 2 is 2.05 bits per heavy atom. The molecule has 2 rings (SSSR count). The molecule has 0 aliphatic carbocycles. The van der Waals surface area contributed by atoms with Crippen LogP contribution in [0.4, 0.5) is 17.5 Å². The van der Waals surface area contributed by atoms with E-state index in [0.29, 0.717) is 17.5 Å². The summed E-state index contributed by atoms with van der Waals surface area (Å²) in [6, 6.07) is 7.60. The lowest BCUT2D eigenvalue weighted by molar-refractivity contribution is 1.08. The number of nitrogens with one attached hydrogen (secondary N) is 2. The van der Waals surface area contributed by atoms with E-state index in [2.05, 4.69) is 27.2 Å². The molecule has 0 aliphatic rings. The van der Waals surface area contributed by atoms with E-state index < -0.39 is 0 Å². The number of nitrogens with zero attached hydrogens (tertiary/aromatic N) is 2. The van der Waals surface area contributed by atoms with Crippen LogP contribution in [0.2, 0.25) is 5.02 Å². The van der Waals surface area contributed by atoms with E-state index in [0.717, 1.165) is 22.8 Å². The molecule has 0 radical (unpaired) electrons. The van der Waals surface area contributed by atoms with E-state index in [1.807, 2.05) is 38.1 Å². The van der Waals surface area contributed by atoms with Gasteiger partial charge in [-0.25, -0.2) is 4.98 Å². The highest BCUT2D eigenvalue weighted by Gasteiger charge is 2.04. The Morgan fingerprint density at radius 1 is 1.25 bits per heavy atom. The highest BCUT2D eigenvalue weighted by molar-refractivity contribution is 6.30. The molecule has 0 amide bonds. The van der Waals surface area contributed by atoms with Gasteiger partial charge in [-0.1, -0.05) is 23.7 Å². The van der Waals surface area contributed by atoms with Crippen LogP contribution in [0.25, 0.3) is 0 Å². The Balaban J connectivity index is 2.26. The molecular formula is C15H17ClN4. The van der Waals surface area contributed by atoms with E-state index in [9.17, 15) is 0 Å². The summed E-state index contributed by atoms with van der Waals surface area (Å²) < 4.78 is 0. The van der Waals surface area contributed by atoms with Gasteiger partial charge in [0, 0.05) is 29.0 Å². The normalized spacial score (nSPS) is 10.2. The van der Waals surface area contributed by atoms with Gasteiger partial charge in [-0.05, 0) is 31.5 Å². The SMILES string of the molecule is C=CCNc1nc(C)cc(Nc2cc(Cl)ccc2C)n1. The molecule has 0 saturated heterocycles. The zero-order valence-corrected chi connectivity index (χ0v) is 12.3. The van der Waals surface area contributed by atoms with Crippen LogP contribution in [-0.2, 0) is 0 Å². The third kappa shape index (κ3) is 3.71. The van der Waals surface area contributed by atoms with Gasteiger partial charge in [0.1, 0.15) is 5.82 Å². The number of rotatable bonds is 5. The maximum absolute atomic E-state index is 6.02. The minimum atomic E-state index is 0.576. The van der Waals surface area contributed by atoms with Crippen LogP contribution in [0.3, 0.4) is 0 Å². The summed E-state index contributed by atoms with van der Waals surface area (Å²) in [5, 5.41) is 7.04. The summed E-state index contributed by atoms with van der Waals surface area (Å²) in [7, 11) is 0. The topological polar surface area (TPSA) is 49.8 Å². The van der Waals surface area contributed by atoms with Crippen LogP contribution in [0.15, 0.2) is 36.9 Å². The molecule has 0 saturated carbocycles. The molecule has 104 valence electrons. The van der Waals surface area contributed by atoms with Crippen molar-refractivity contribution in [3.63, 3.8) is 0 Å². The number of aromatic nitrogens is 2. The lowest BCUT2D eigenvalue weighted by Crippen LogP contribution is -2.06. The number of aryl methyl sites for hydroxylation is 2. The van der Waals surface area contributed by atoms with Gasteiger partial charge in [0.2, 0.25) is 5.95 Å². The van der Waals surface area contributed by atoms with Gasteiger partial charge in [-0.2, -0.15) is 4.98 Å². The van der Waals surface area contributed by atoms with Crippen molar-refractivity contribution in [3.8, 4) is 0 Å². The van der Waals surface area contributed by atoms with Crippen LogP contribution in [0, 0.1) is 13.8 Å². The van der Waals surface area contributed by atoms with Gasteiger partial charge in [-0.15, -0.1) is 6.58 Å². The minimum absolute atomic E-state index is 0.576.